The van der Waals surface area contributed by atoms with Gasteiger partial charge in [-0.25, -0.2) is 9.78 Å². The van der Waals surface area contributed by atoms with E-state index in [2.05, 4.69) is 20.5 Å². The van der Waals surface area contributed by atoms with E-state index in [1.807, 2.05) is 40.6 Å². The third-order valence-electron chi connectivity index (χ3n) is 3.97. The molecule has 0 radical (unpaired) electrons. The quantitative estimate of drug-likeness (QED) is 0.841. The standard InChI is InChI=1S/C17H21N5O2S/c23-16(20-17(24)19-12-14-4-3-11-25-14)13-21-7-9-22(10-8-21)15-5-1-2-6-18-15/h1-6,11H,7-10,12-13H2,(H2,19,20,23,24). The van der Waals surface area contributed by atoms with Gasteiger partial charge >= 0.3 is 6.03 Å². The fraction of sp³-hybridized carbons (Fsp3) is 0.353. The number of nitrogens with zero attached hydrogens (tertiary/aromatic N) is 3. The van der Waals surface area contributed by atoms with Gasteiger partial charge in [-0.05, 0) is 23.6 Å². The van der Waals surface area contributed by atoms with E-state index in [0.29, 0.717) is 6.54 Å². The molecule has 1 fully saturated rings. The number of anilines is 1. The number of amides is 3. The van der Waals surface area contributed by atoms with Gasteiger partial charge in [0.1, 0.15) is 5.82 Å². The van der Waals surface area contributed by atoms with Gasteiger partial charge < -0.3 is 10.2 Å². The van der Waals surface area contributed by atoms with Gasteiger partial charge in [-0.1, -0.05) is 12.1 Å². The Bertz CT molecular complexity index is 684. The number of piperazine rings is 1. The van der Waals surface area contributed by atoms with Crippen LogP contribution in [0.5, 0.6) is 0 Å². The molecule has 7 nitrogen and oxygen atoms in total. The molecule has 25 heavy (non-hydrogen) atoms. The summed E-state index contributed by atoms with van der Waals surface area (Å²) < 4.78 is 0. The first-order chi connectivity index (χ1) is 12.2. The van der Waals surface area contributed by atoms with Crippen molar-refractivity contribution in [3.8, 4) is 0 Å². The Kier molecular flexibility index (Phi) is 5.97. The van der Waals surface area contributed by atoms with Crippen LogP contribution in [0.3, 0.4) is 0 Å². The second-order valence-corrected chi connectivity index (χ2v) is 6.79. The van der Waals surface area contributed by atoms with Crippen molar-refractivity contribution in [2.45, 2.75) is 6.54 Å². The van der Waals surface area contributed by atoms with Crippen LogP contribution in [0, 0.1) is 0 Å². The lowest BCUT2D eigenvalue weighted by Crippen LogP contribution is -2.51. The maximum Gasteiger partial charge on any atom is 0.321 e. The highest BCUT2D eigenvalue weighted by Gasteiger charge is 2.20. The second-order valence-electron chi connectivity index (χ2n) is 5.76. The van der Waals surface area contributed by atoms with Crippen molar-refractivity contribution < 1.29 is 9.59 Å². The molecule has 3 rings (SSSR count). The molecule has 0 atom stereocenters. The first-order valence-corrected chi connectivity index (χ1v) is 9.07. The van der Waals surface area contributed by atoms with Crippen LogP contribution in [0.1, 0.15) is 4.88 Å². The van der Waals surface area contributed by atoms with Gasteiger partial charge in [-0.2, -0.15) is 0 Å². The molecule has 0 saturated carbocycles. The van der Waals surface area contributed by atoms with E-state index in [1.165, 1.54) is 0 Å². The summed E-state index contributed by atoms with van der Waals surface area (Å²) in [6.45, 7) is 3.81. The minimum atomic E-state index is -0.453. The Labute approximate surface area is 150 Å². The maximum absolute atomic E-state index is 12.0. The molecular formula is C17H21N5O2S. The summed E-state index contributed by atoms with van der Waals surface area (Å²) in [6, 6.07) is 9.26. The third-order valence-corrected chi connectivity index (χ3v) is 4.85. The number of aromatic nitrogens is 1. The van der Waals surface area contributed by atoms with E-state index in [-0.39, 0.29) is 12.5 Å². The lowest BCUT2D eigenvalue weighted by molar-refractivity contribution is -0.121. The summed E-state index contributed by atoms with van der Waals surface area (Å²) in [7, 11) is 0. The smallest absolute Gasteiger partial charge is 0.321 e. The largest absolute Gasteiger partial charge is 0.354 e. The molecule has 8 heteroatoms. The van der Waals surface area contributed by atoms with Gasteiger partial charge in [0.25, 0.3) is 0 Å². The fourth-order valence-corrected chi connectivity index (χ4v) is 3.31. The summed E-state index contributed by atoms with van der Waals surface area (Å²) >= 11 is 1.57. The SMILES string of the molecule is O=C(CN1CCN(c2ccccn2)CC1)NC(=O)NCc1cccs1. The van der Waals surface area contributed by atoms with Crippen molar-refractivity contribution in [2.24, 2.45) is 0 Å². The van der Waals surface area contributed by atoms with Crippen molar-refractivity contribution in [2.75, 3.05) is 37.6 Å². The normalized spacial score (nSPS) is 15.0. The van der Waals surface area contributed by atoms with E-state index in [9.17, 15) is 9.59 Å². The van der Waals surface area contributed by atoms with E-state index >= 15 is 0 Å². The van der Waals surface area contributed by atoms with Crippen LogP contribution in [0.15, 0.2) is 41.9 Å². The summed E-state index contributed by atoms with van der Waals surface area (Å²) in [5.41, 5.74) is 0. The van der Waals surface area contributed by atoms with Crippen LogP contribution >= 0.6 is 11.3 Å². The average Bonchev–Trinajstić information content (AvgIpc) is 3.15. The van der Waals surface area contributed by atoms with Crippen molar-refractivity contribution in [3.05, 3.63) is 46.8 Å². The molecule has 0 unspecified atom stereocenters. The average molecular weight is 359 g/mol. The Morgan fingerprint density at radius 2 is 1.96 bits per heavy atom. The molecule has 0 spiro atoms. The number of urea groups is 1. The number of hydrogen-bond donors (Lipinski definition) is 2. The topological polar surface area (TPSA) is 77.6 Å². The van der Waals surface area contributed by atoms with Crippen molar-refractivity contribution in [1.29, 1.82) is 0 Å². The predicted octanol–water partition coefficient (Wildman–Crippen LogP) is 1.29. The highest BCUT2D eigenvalue weighted by atomic mass is 32.1. The fourth-order valence-electron chi connectivity index (χ4n) is 2.67. The minimum absolute atomic E-state index is 0.225. The van der Waals surface area contributed by atoms with Gasteiger partial charge in [0.2, 0.25) is 5.91 Å². The number of hydrogen-bond acceptors (Lipinski definition) is 6. The van der Waals surface area contributed by atoms with Gasteiger partial charge in [0.15, 0.2) is 0 Å². The van der Waals surface area contributed by atoms with Crippen molar-refractivity contribution in [1.82, 2.24) is 20.5 Å². The monoisotopic (exact) mass is 359 g/mol. The zero-order chi connectivity index (χ0) is 17.5. The molecule has 132 valence electrons. The Morgan fingerprint density at radius 1 is 1.12 bits per heavy atom. The minimum Gasteiger partial charge on any atom is -0.354 e. The number of imide groups is 1. The Morgan fingerprint density at radius 3 is 2.64 bits per heavy atom. The molecule has 0 bridgehead atoms. The van der Waals surface area contributed by atoms with E-state index in [1.54, 1.807) is 17.5 Å². The predicted molar refractivity (Wildman–Crippen MR) is 97.6 cm³/mol. The Balaban J connectivity index is 1.36. The summed E-state index contributed by atoms with van der Waals surface area (Å²) in [5.74, 6) is 0.675. The molecule has 2 aromatic heterocycles. The summed E-state index contributed by atoms with van der Waals surface area (Å²) in [5, 5.41) is 7.02. The molecule has 3 heterocycles. The highest BCUT2D eigenvalue weighted by Crippen LogP contribution is 2.12. The van der Waals surface area contributed by atoms with Crippen LogP contribution in [-0.4, -0.2) is 54.5 Å². The zero-order valence-electron chi connectivity index (χ0n) is 13.9. The van der Waals surface area contributed by atoms with Crippen LogP contribution in [0.25, 0.3) is 0 Å². The van der Waals surface area contributed by atoms with Crippen molar-refractivity contribution in [3.63, 3.8) is 0 Å². The number of pyridine rings is 1. The molecule has 2 aromatic rings. The number of nitrogens with one attached hydrogen (secondary N) is 2. The molecule has 1 aliphatic rings. The molecule has 2 N–H and O–H groups in total. The lowest BCUT2D eigenvalue weighted by Gasteiger charge is -2.34. The highest BCUT2D eigenvalue weighted by molar-refractivity contribution is 7.09. The number of rotatable bonds is 5. The van der Waals surface area contributed by atoms with E-state index in [4.69, 9.17) is 0 Å². The van der Waals surface area contributed by atoms with Crippen molar-refractivity contribution >= 4 is 29.1 Å². The Hall–Kier alpha value is -2.45. The molecule has 0 aliphatic carbocycles. The van der Waals surface area contributed by atoms with Crippen LogP contribution in [0.2, 0.25) is 0 Å². The molecule has 1 saturated heterocycles. The first-order valence-electron chi connectivity index (χ1n) is 8.19. The van der Waals surface area contributed by atoms with E-state index in [0.717, 1.165) is 36.9 Å². The van der Waals surface area contributed by atoms with E-state index < -0.39 is 6.03 Å². The molecule has 1 aliphatic heterocycles. The third kappa shape index (κ3) is 5.27. The maximum atomic E-state index is 12.0. The summed E-state index contributed by atoms with van der Waals surface area (Å²) in [6.07, 6.45) is 1.78. The number of carbonyl (C=O) groups is 2. The van der Waals surface area contributed by atoms with Crippen LogP contribution in [-0.2, 0) is 11.3 Å². The van der Waals surface area contributed by atoms with Gasteiger partial charge in [-0.3, -0.25) is 15.0 Å². The number of thiophene rings is 1. The number of carbonyl (C=O) groups excluding carboxylic acids is 2. The molecule has 0 aromatic carbocycles. The summed E-state index contributed by atoms with van der Waals surface area (Å²) in [4.78, 5) is 33.4. The zero-order valence-corrected chi connectivity index (χ0v) is 14.7. The lowest BCUT2D eigenvalue weighted by atomic mass is 10.3. The first kappa shape index (κ1) is 17.4. The van der Waals surface area contributed by atoms with Gasteiger partial charge in [-0.15, -0.1) is 11.3 Å². The van der Waals surface area contributed by atoms with Crippen LogP contribution in [0.4, 0.5) is 10.6 Å². The molecular weight excluding hydrogens is 338 g/mol. The van der Waals surface area contributed by atoms with Gasteiger partial charge in [0, 0.05) is 37.3 Å². The van der Waals surface area contributed by atoms with Crippen LogP contribution < -0.4 is 15.5 Å². The van der Waals surface area contributed by atoms with Gasteiger partial charge in [0.05, 0.1) is 13.1 Å². The second kappa shape index (κ2) is 8.59. The molecule has 3 amide bonds.